The van der Waals surface area contributed by atoms with Crippen LogP contribution in [0.25, 0.3) is 10.2 Å². The molecule has 0 radical (unpaired) electrons. The van der Waals surface area contributed by atoms with Crippen molar-refractivity contribution in [2.45, 2.75) is 33.7 Å². The monoisotopic (exact) mass is 369 g/mol. The minimum absolute atomic E-state index is 0.127. The van der Waals surface area contributed by atoms with Crippen LogP contribution in [0.15, 0.2) is 41.5 Å². The van der Waals surface area contributed by atoms with E-state index < -0.39 is 0 Å². The number of nitrogens with one attached hydrogen (secondary N) is 1. The Morgan fingerprint density at radius 2 is 1.88 bits per heavy atom. The van der Waals surface area contributed by atoms with Gasteiger partial charge < -0.3 is 9.88 Å². The number of carbonyl (C=O) groups is 1. The van der Waals surface area contributed by atoms with Crippen LogP contribution in [0.3, 0.4) is 0 Å². The van der Waals surface area contributed by atoms with Crippen LogP contribution in [0.1, 0.15) is 47.6 Å². The fraction of sp³-hybridized carbons (Fsp3) is 0.350. The standard InChI is InChI=1S/C20H23N3O2S/c1-12-14-18(21-11-23(5)19(14)25)26-15(12)17(24)22-16(20(2,3)4)13-9-7-6-8-10-13/h6-11,16H,1-5H3,(H,22,24). The summed E-state index contributed by atoms with van der Waals surface area (Å²) in [7, 11) is 1.66. The number of hydrogen-bond acceptors (Lipinski definition) is 4. The van der Waals surface area contributed by atoms with Gasteiger partial charge >= 0.3 is 0 Å². The molecule has 5 nitrogen and oxygen atoms in total. The van der Waals surface area contributed by atoms with Crippen LogP contribution in [0.4, 0.5) is 0 Å². The Kier molecular flexibility index (Phi) is 4.71. The number of amides is 1. The second-order valence-electron chi connectivity index (χ2n) is 7.58. The zero-order valence-corrected chi connectivity index (χ0v) is 16.5. The summed E-state index contributed by atoms with van der Waals surface area (Å²) >= 11 is 1.27. The van der Waals surface area contributed by atoms with E-state index in [2.05, 4.69) is 31.1 Å². The molecule has 0 saturated heterocycles. The van der Waals surface area contributed by atoms with Crippen LogP contribution in [-0.2, 0) is 7.05 Å². The van der Waals surface area contributed by atoms with Crippen LogP contribution in [0.2, 0.25) is 0 Å². The van der Waals surface area contributed by atoms with Crippen molar-refractivity contribution in [1.82, 2.24) is 14.9 Å². The highest BCUT2D eigenvalue weighted by atomic mass is 32.1. The normalized spacial score (nSPS) is 13.0. The molecule has 3 rings (SSSR count). The Hall–Kier alpha value is -2.47. The van der Waals surface area contributed by atoms with Crippen molar-refractivity contribution >= 4 is 27.5 Å². The summed E-state index contributed by atoms with van der Waals surface area (Å²) in [6.07, 6.45) is 1.49. The number of thiophene rings is 1. The van der Waals surface area contributed by atoms with Crippen molar-refractivity contribution in [3.05, 3.63) is 63.0 Å². The average Bonchev–Trinajstić information content (AvgIpc) is 2.93. The first kappa shape index (κ1) is 18.3. The van der Waals surface area contributed by atoms with Gasteiger partial charge in [0.25, 0.3) is 11.5 Å². The third-order valence-corrected chi connectivity index (χ3v) is 5.69. The molecular weight excluding hydrogens is 346 g/mol. The first-order chi connectivity index (χ1) is 12.2. The molecule has 136 valence electrons. The molecule has 2 aromatic heterocycles. The van der Waals surface area contributed by atoms with Crippen molar-refractivity contribution in [2.24, 2.45) is 12.5 Å². The third-order valence-electron chi connectivity index (χ3n) is 4.49. The van der Waals surface area contributed by atoms with Crippen LogP contribution in [0, 0.1) is 12.3 Å². The molecular formula is C20H23N3O2S. The predicted octanol–water partition coefficient (Wildman–Crippen LogP) is 3.82. The molecule has 3 aromatic rings. The Labute approximate surface area is 156 Å². The SMILES string of the molecule is Cc1c(C(=O)NC(c2ccccc2)C(C)(C)C)sc2ncn(C)c(=O)c12. The number of hydrogen-bond donors (Lipinski definition) is 1. The molecule has 6 heteroatoms. The number of aromatic nitrogens is 2. The van der Waals surface area contributed by atoms with Crippen molar-refractivity contribution in [3.63, 3.8) is 0 Å². The number of rotatable bonds is 3. The van der Waals surface area contributed by atoms with Gasteiger partial charge in [0.15, 0.2) is 0 Å². The van der Waals surface area contributed by atoms with Crippen molar-refractivity contribution in [2.75, 3.05) is 0 Å². The fourth-order valence-corrected chi connectivity index (χ4v) is 4.11. The highest BCUT2D eigenvalue weighted by molar-refractivity contribution is 7.20. The number of nitrogens with zero attached hydrogens (tertiary/aromatic N) is 2. The van der Waals surface area contributed by atoms with Gasteiger partial charge in [-0.25, -0.2) is 4.98 Å². The van der Waals surface area contributed by atoms with E-state index in [0.29, 0.717) is 20.7 Å². The predicted molar refractivity (Wildman–Crippen MR) is 106 cm³/mol. The number of benzene rings is 1. The van der Waals surface area contributed by atoms with Crippen LogP contribution in [0.5, 0.6) is 0 Å². The number of fused-ring (bicyclic) bond motifs is 1. The van der Waals surface area contributed by atoms with E-state index in [1.807, 2.05) is 37.3 Å². The highest BCUT2D eigenvalue weighted by Crippen LogP contribution is 2.34. The van der Waals surface area contributed by atoms with Crippen LogP contribution in [-0.4, -0.2) is 15.5 Å². The van der Waals surface area contributed by atoms with Gasteiger partial charge in [0.1, 0.15) is 4.83 Å². The highest BCUT2D eigenvalue weighted by Gasteiger charge is 2.29. The van der Waals surface area contributed by atoms with Gasteiger partial charge in [-0.15, -0.1) is 11.3 Å². The van der Waals surface area contributed by atoms with Gasteiger partial charge in [-0.05, 0) is 23.5 Å². The van der Waals surface area contributed by atoms with E-state index in [1.165, 1.54) is 22.2 Å². The van der Waals surface area contributed by atoms with E-state index in [9.17, 15) is 9.59 Å². The number of aryl methyl sites for hydroxylation is 2. The smallest absolute Gasteiger partial charge is 0.262 e. The summed E-state index contributed by atoms with van der Waals surface area (Å²) in [4.78, 5) is 30.8. The first-order valence-electron chi connectivity index (χ1n) is 8.50. The van der Waals surface area contributed by atoms with Crippen LogP contribution < -0.4 is 10.9 Å². The molecule has 1 unspecified atom stereocenters. The summed E-state index contributed by atoms with van der Waals surface area (Å²) in [5.41, 5.74) is 1.46. The zero-order valence-electron chi connectivity index (χ0n) is 15.7. The van der Waals surface area contributed by atoms with E-state index >= 15 is 0 Å². The summed E-state index contributed by atoms with van der Waals surface area (Å²) in [5.74, 6) is -0.170. The molecule has 0 bridgehead atoms. The second-order valence-corrected chi connectivity index (χ2v) is 8.58. The molecule has 0 aliphatic rings. The second kappa shape index (κ2) is 6.68. The van der Waals surface area contributed by atoms with Crippen LogP contribution >= 0.6 is 11.3 Å². The summed E-state index contributed by atoms with van der Waals surface area (Å²) in [6.45, 7) is 8.10. The van der Waals surface area contributed by atoms with E-state index in [1.54, 1.807) is 7.05 Å². The lowest BCUT2D eigenvalue weighted by atomic mass is 9.82. The van der Waals surface area contributed by atoms with Crippen molar-refractivity contribution in [3.8, 4) is 0 Å². The Balaban J connectivity index is 2.01. The quantitative estimate of drug-likeness (QED) is 0.763. The van der Waals surface area contributed by atoms with Gasteiger partial charge in [0.05, 0.1) is 22.6 Å². The number of carbonyl (C=O) groups excluding carboxylic acids is 1. The van der Waals surface area contributed by atoms with Gasteiger partial charge in [-0.1, -0.05) is 51.1 Å². The minimum Gasteiger partial charge on any atom is -0.344 e. The molecule has 1 N–H and O–H groups in total. The van der Waals surface area contributed by atoms with E-state index in [4.69, 9.17) is 0 Å². The largest absolute Gasteiger partial charge is 0.344 e. The minimum atomic E-state index is -0.170. The van der Waals surface area contributed by atoms with Gasteiger partial charge in [0.2, 0.25) is 0 Å². The lowest BCUT2D eigenvalue weighted by Gasteiger charge is -2.32. The Bertz CT molecular complexity index is 1010. The fourth-order valence-electron chi connectivity index (χ4n) is 3.07. The summed E-state index contributed by atoms with van der Waals surface area (Å²) in [6, 6.07) is 9.80. The van der Waals surface area contributed by atoms with Crippen molar-refractivity contribution in [1.29, 1.82) is 0 Å². The van der Waals surface area contributed by atoms with E-state index in [0.717, 1.165) is 5.56 Å². The average molecular weight is 369 g/mol. The Morgan fingerprint density at radius 1 is 1.23 bits per heavy atom. The van der Waals surface area contributed by atoms with Gasteiger partial charge in [-0.3, -0.25) is 9.59 Å². The molecule has 1 atom stereocenters. The van der Waals surface area contributed by atoms with Gasteiger partial charge in [-0.2, -0.15) is 0 Å². The maximum atomic E-state index is 13.0. The topological polar surface area (TPSA) is 64.0 Å². The lowest BCUT2D eigenvalue weighted by Crippen LogP contribution is -2.36. The maximum Gasteiger partial charge on any atom is 0.262 e. The molecule has 1 aromatic carbocycles. The summed E-state index contributed by atoms with van der Waals surface area (Å²) < 4.78 is 1.44. The van der Waals surface area contributed by atoms with E-state index in [-0.39, 0.29) is 22.9 Å². The molecule has 0 fully saturated rings. The summed E-state index contributed by atoms with van der Waals surface area (Å²) in [5, 5.41) is 3.69. The molecule has 0 aliphatic carbocycles. The third kappa shape index (κ3) is 3.29. The zero-order chi connectivity index (χ0) is 19.1. The first-order valence-corrected chi connectivity index (χ1v) is 9.32. The maximum absolute atomic E-state index is 13.0. The van der Waals surface area contributed by atoms with Crippen molar-refractivity contribution < 1.29 is 4.79 Å². The molecule has 0 saturated carbocycles. The molecule has 2 heterocycles. The molecule has 0 spiro atoms. The lowest BCUT2D eigenvalue weighted by molar-refractivity contribution is 0.0905. The van der Waals surface area contributed by atoms with Gasteiger partial charge in [0, 0.05) is 7.05 Å². The molecule has 26 heavy (non-hydrogen) atoms. The molecule has 1 amide bonds. The Morgan fingerprint density at radius 3 is 2.50 bits per heavy atom. The molecule has 0 aliphatic heterocycles.